The van der Waals surface area contributed by atoms with Crippen molar-refractivity contribution in [1.29, 1.82) is 0 Å². The zero-order valence-corrected chi connectivity index (χ0v) is 12.6. The highest BCUT2D eigenvalue weighted by Crippen LogP contribution is 2.39. The van der Waals surface area contributed by atoms with Crippen molar-refractivity contribution in [2.75, 3.05) is 17.3 Å². The molecule has 0 aromatic heterocycles. The van der Waals surface area contributed by atoms with Crippen LogP contribution in [-0.4, -0.2) is 18.3 Å². The Balaban J connectivity index is 2.38. The van der Waals surface area contributed by atoms with Crippen molar-refractivity contribution < 1.29 is 4.79 Å². The molecule has 1 amide bonds. The van der Waals surface area contributed by atoms with E-state index in [2.05, 4.69) is 15.9 Å². The average molecular weight is 357 g/mol. The van der Waals surface area contributed by atoms with Gasteiger partial charge < -0.3 is 4.90 Å². The minimum absolute atomic E-state index is 0.0155. The first kappa shape index (κ1) is 13.5. The average Bonchev–Trinajstić information content (AvgIpc) is 2.59. The molecule has 1 aromatic carbocycles. The minimum atomic E-state index is 0.0155. The maximum atomic E-state index is 11.9. The number of hydrogen-bond donors (Lipinski definition) is 0. The highest BCUT2D eigenvalue weighted by molar-refractivity contribution is 9.10. The van der Waals surface area contributed by atoms with Gasteiger partial charge in [0, 0.05) is 23.3 Å². The fourth-order valence-corrected chi connectivity index (χ4v) is 3.51. The van der Waals surface area contributed by atoms with E-state index in [1.807, 2.05) is 0 Å². The Morgan fingerprint density at radius 1 is 1.35 bits per heavy atom. The van der Waals surface area contributed by atoms with Gasteiger partial charge in [-0.3, -0.25) is 4.79 Å². The van der Waals surface area contributed by atoms with Crippen molar-refractivity contribution in [3.63, 3.8) is 0 Å². The molecule has 1 heterocycles. The molecule has 0 N–H and O–H groups in total. The lowest BCUT2D eigenvalue weighted by atomic mass is 10.1. The van der Waals surface area contributed by atoms with Crippen LogP contribution in [0.4, 0.5) is 5.69 Å². The van der Waals surface area contributed by atoms with Crippen molar-refractivity contribution in [3.8, 4) is 0 Å². The molecule has 1 saturated heterocycles. The molecule has 6 heteroatoms. The maximum absolute atomic E-state index is 11.9. The van der Waals surface area contributed by atoms with Crippen LogP contribution in [0, 0.1) is 5.92 Å². The molecule has 2 rings (SSSR count). The lowest BCUT2D eigenvalue weighted by Crippen LogP contribution is -2.25. The first-order valence-electron chi connectivity index (χ1n) is 5.03. The van der Waals surface area contributed by atoms with E-state index >= 15 is 0 Å². The van der Waals surface area contributed by atoms with Crippen LogP contribution in [0.3, 0.4) is 0 Å². The highest BCUT2D eigenvalue weighted by atomic mass is 79.9. The summed E-state index contributed by atoms with van der Waals surface area (Å²) in [5.41, 5.74) is 0.578. The van der Waals surface area contributed by atoms with E-state index in [9.17, 15) is 4.79 Å². The van der Waals surface area contributed by atoms with Crippen LogP contribution >= 0.6 is 50.7 Å². The van der Waals surface area contributed by atoms with Crippen LogP contribution in [0.25, 0.3) is 0 Å². The first-order valence-corrected chi connectivity index (χ1v) is 7.12. The maximum Gasteiger partial charge on any atom is 0.227 e. The van der Waals surface area contributed by atoms with Gasteiger partial charge in [-0.15, -0.1) is 11.6 Å². The van der Waals surface area contributed by atoms with Gasteiger partial charge in [-0.25, -0.2) is 0 Å². The fourth-order valence-electron chi connectivity index (χ4n) is 1.89. The second-order valence-electron chi connectivity index (χ2n) is 3.95. The van der Waals surface area contributed by atoms with Gasteiger partial charge in [0.2, 0.25) is 5.91 Å². The SMILES string of the molecule is O=C1CC(CCl)CN1c1c(Cl)cc(Br)cc1Cl. The molecule has 0 aliphatic carbocycles. The van der Waals surface area contributed by atoms with Crippen LogP contribution in [0.2, 0.25) is 10.0 Å². The zero-order valence-electron chi connectivity index (χ0n) is 8.72. The van der Waals surface area contributed by atoms with Gasteiger partial charge in [0.05, 0.1) is 15.7 Å². The molecular weight excluding hydrogens is 348 g/mol. The third-order valence-electron chi connectivity index (χ3n) is 2.67. The van der Waals surface area contributed by atoms with Crippen molar-refractivity contribution in [2.45, 2.75) is 6.42 Å². The van der Waals surface area contributed by atoms with Crippen LogP contribution in [0.1, 0.15) is 6.42 Å². The standard InChI is InChI=1S/C11H9BrCl3NO/c12-7-2-8(14)11(9(15)3-7)16-5-6(4-13)1-10(16)17/h2-3,6H,1,4-5H2. The Hall–Kier alpha value is 0.0400. The normalized spacial score (nSPS) is 20.1. The molecular formula is C11H9BrCl3NO. The number of benzene rings is 1. The summed E-state index contributed by atoms with van der Waals surface area (Å²) in [6.45, 7) is 0.573. The molecule has 1 aliphatic rings. The summed E-state index contributed by atoms with van der Waals surface area (Å²) in [5.74, 6) is 0.648. The number of hydrogen-bond acceptors (Lipinski definition) is 1. The summed E-state index contributed by atoms with van der Waals surface area (Å²) in [5, 5.41) is 0.931. The van der Waals surface area contributed by atoms with Crippen LogP contribution in [0.15, 0.2) is 16.6 Å². The summed E-state index contributed by atoms with van der Waals surface area (Å²) >= 11 is 21.3. The number of rotatable bonds is 2. The van der Waals surface area contributed by atoms with Crippen molar-refractivity contribution in [2.24, 2.45) is 5.92 Å². The highest BCUT2D eigenvalue weighted by Gasteiger charge is 2.32. The van der Waals surface area contributed by atoms with E-state index < -0.39 is 0 Å². The minimum Gasteiger partial charge on any atom is -0.309 e. The Morgan fingerprint density at radius 2 is 1.94 bits per heavy atom. The predicted molar refractivity (Wildman–Crippen MR) is 75.3 cm³/mol. The Kier molecular flexibility index (Phi) is 4.24. The molecule has 1 fully saturated rings. The number of alkyl halides is 1. The van der Waals surface area contributed by atoms with Gasteiger partial charge in [0.15, 0.2) is 0 Å². The Bertz CT molecular complexity index is 443. The largest absolute Gasteiger partial charge is 0.309 e. The monoisotopic (exact) mass is 355 g/mol. The second kappa shape index (κ2) is 5.35. The Labute approximate surface area is 123 Å². The van der Waals surface area contributed by atoms with Gasteiger partial charge in [0.25, 0.3) is 0 Å². The van der Waals surface area contributed by atoms with E-state index in [0.717, 1.165) is 4.47 Å². The molecule has 0 bridgehead atoms. The zero-order chi connectivity index (χ0) is 12.6. The Morgan fingerprint density at radius 3 is 2.41 bits per heavy atom. The van der Waals surface area contributed by atoms with Gasteiger partial charge in [-0.1, -0.05) is 39.1 Å². The summed E-state index contributed by atoms with van der Waals surface area (Å²) in [6, 6.07) is 3.45. The van der Waals surface area contributed by atoms with E-state index in [1.54, 1.807) is 17.0 Å². The number of amides is 1. The summed E-state index contributed by atoms with van der Waals surface area (Å²) in [4.78, 5) is 13.5. The molecule has 1 unspecified atom stereocenters. The lowest BCUT2D eigenvalue weighted by Gasteiger charge is -2.19. The quantitative estimate of drug-likeness (QED) is 0.721. The molecule has 92 valence electrons. The van der Waals surface area contributed by atoms with Gasteiger partial charge in [-0.05, 0) is 18.1 Å². The summed E-state index contributed by atoms with van der Waals surface area (Å²) in [7, 11) is 0. The summed E-state index contributed by atoms with van der Waals surface area (Å²) in [6.07, 6.45) is 0.451. The number of carbonyl (C=O) groups excluding carboxylic acids is 1. The number of carbonyl (C=O) groups is 1. The molecule has 17 heavy (non-hydrogen) atoms. The van der Waals surface area contributed by atoms with E-state index in [-0.39, 0.29) is 11.8 Å². The number of anilines is 1. The molecule has 0 saturated carbocycles. The van der Waals surface area contributed by atoms with E-state index in [1.165, 1.54) is 0 Å². The van der Waals surface area contributed by atoms with Gasteiger partial charge >= 0.3 is 0 Å². The molecule has 0 spiro atoms. The van der Waals surface area contributed by atoms with Crippen LogP contribution < -0.4 is 4.90 Å². The number of nitrogens with zero attached hydrogens (tertiary/aromatic N) is 1. The lowest BCUT2D eigenvalue weighted by molar-refractivity contribution is -0.117. The van der Waals surface area contributed by atoms with Crippen molar-refractivity contribution in [3.05, 3.63) is 26.7 Å². The molecule has 1 atom stereocenters. The smallest absolute Gasteiger partial charge is 0.227 e. The predicted octanol–water partition coefficient (Wildman–Crippen LogP) is 4.35. The molecule has 1 aliphatic heterocycles. The number of halogens is 4. The van der Waals surface area contributed by atoms with Crippen molar-refractivity contribution >= 4 is 62.3 Å². The van der Waals surface area contributed by atoms with Crippen LogP contribution in [0.5, 0.6) is 0 Å². The molecule has 2 nitrogen and oxygen atoms in total. The topological polar surface area (TPSA) is 20.3 Å². The van der Waals surface area contributed by atoms with Crippen LogP contribution in [-0.2, 0) is 4.79 Å². The van der Waals surface area contributed by atoms with E-state index in [4.69, 9.17) is 34.8 Å². The van der Waals surface area contributed by atoms with Crippen molar-refractivity contribution in [1.82, 2.24) is 0 Å². The molecule has 1 aromatic rings. The van der Waals surface area contributed by atoms with Gasteiger partial charge in [0.1, 0.15) is 0 Å². The van der Waals surface area contributed by atoms with E-state index in [0.29, 0.717) is 34.6 Å². The second-order valence-corrected chi connectivity index (χ2v) is 5.99. The molecule has 0 radical (unpaired) electrons. The third-order valence-corrected chi connectivity index (χ3v) is 4.15. The van der Waals surface area contributed by atoms with Gasteiger partial charge in [-0.2, -0.15) is 0 Å². The first-order chi connectivity index (χ1) is 8.02. The summed E-state index contributed by atoms with van der Waals surface area (Å²) < 4.78 is 0.789. The fraction of sp³-hybridized carbons (Fsp3) is 0.364. The third kappa shape index (κ3) is 2.73.